The van der Waals surface area contributed by atoms with Crippen molar-refractivity contribution in [3.8, 4) is 6.07 Å². The predicted octanol–water partition coefficient (Wildman–Crippen LogP) is 0.414. The van der Waals surface area contributed by atoms with E-state index >= 15 is 0 Å². The molecule has 1 atom stereocenters. The molecule has 1 amide bonds. The van der Waals surface area contributed by atoms with Crippen LogP contribution < -0.4 is 5.32 Å². The van der Waals surface area contributed by atoms with Gasteiger partial charge in [-0.25, -0.2) is 0 Å². The minimum absolute atomic E-state index is 0.0910. The SMILES string of the molecule is N#CC([SeH])CCNC(=O)c1cccnc1. The molecule has 0 bridgehead atoms. The first-order valence-electron chi connectivity index (χ1n) is 4.50. The molecule has 4 nitrogen and oxygen atoms in total. The van der Waals surface area contributed by atoms with Gasteiger partial charge in [0.2, 0.25) is 0 Å². The molecule has 0 fully saturated rings. The summed E-state index contributed by atoms with van der Waals surface area (Å²) < 4.78 is 0. The number of hydrogen-bond acceptors (Lipinski definition) is 3. The van der Waals surface area contributed by atoms with Crippen molar-refractivity contribution in [1.82, 2.24) is 10.3 Å². The van der Waals surface area contributed by atoms with Gasteiger partial charge in [0.15, 0.2) is 0 Å². The number of nitrogens with one attached hydrogen (secondary N) is 1. The van der Waals surface area contributed by atoms with Crippen LogP contribution in [0.25, 0.3) is 0 Å². The first kappa shape index (κ1) is 11.7. The first-order chi connectivity index (χ1) is 7.24. The summed E-state index contributed by atoms with van der Waals surface area (Å²) in [4.78, 5) is 15.2. The summed E-state index contributed by atoms with van der Waals surface area (Å²) in [6.45, 7) is 0.501. The maximum absolute atomic E-state index is 11.5. The number of hydrogen-bond donors (Lipinski definition) is 1. The van der Waals surface area contributed by atoms with E-state index in [-0.39, 0.29) is 10.7 Å². The molecule has 0 saturated carbocycles. The Morgan fingerprint density at radius 1 is 1.73 bits per heavy atom. The molecule has 1 rings (SSSR count). The molecule has 78 valence electrons. The number of carbonyl (C=O) groups is 1. The molecule has 0 aliphatic heterocycles. The number of nitrogens with zero attached hydrogens (tertiary/aromatic N) is 2. The van der Waals surface area contributed by atoms with Gasteiger partial charge in [0.05, 0.1) is 0 Å². The van der Waals surface area contributed by atoms with Gasteiger partial charge in [-0.2, -0.15) is 0 Å². The van der Waals surface area contributed by atoms with Crippen LogP contribution in [-0.4, -0.2) is 33.4 Å². The van der Waals surface area contributed by atoms with Gasteiger partial charge in [-0.1, -0.05) is 0 Å². The zero-order chi connectivity index (χ0) is 11.1. The van der Waals surface area contributed by atoms with E-state index in [0.29, 0.717) is 18.5 Å². The number of carbonyl (C=O) groups excluding carboxylic acids is 1. The van der Waals surface area contributed by atoms with E-state index in [9.17, 15) is 4.79 Å². The molecule has 0 aromatic carbocycles. The van der Waals surface area contributed by atoms with Crippen molar-refractivity contribution in [3.05, 3.63) is 30.1 Å². The van der Waals surface area contributed by atoms with Crippen molar-refractivity contribution in [2.75, 3.05) is 6.54 Å². The van der Waals surface area contributed by atoms with Crippen LogP contribution in [0, 0.1) is 11.3 Å². The molecule has 0 saturated heterocycles. The number of nitriles is 1. The van der Waals surface area contributed by atoms with Crippen molar-refractivity contribution in [2.24, 2.45) is 0 Å². The third-order valence-electron chi connectivity index (χ3n) is 1.78. The second-order valence-electron chi connectivity index (χ2n) is 2.93. The van der Waals surface area contributed by atoms with Gasteiger partial charge in [-0.3, -0.25) is 0 Å². The molecular formula is C10H11N3OSe. The Kier molecular flexibility index (Phi) is 4.82. The van der Waals surface area contributed by atoms with E-state index in [4.69, 9.17) is 5.26 Å². The standard InChI is InChI=1S/C10H11N3OSe/c11-6-9(15)3-5-13-10(14)8-2-1-4-12-7-8/h1-2,4,7,9,15H,3,5H2,(H,13,14). The second-order valence-corrected chi connectivity index (χ2v) is 4.24. The van der Waals surface area contributed by atoms with Crippen molar-refractivity contribution in [3.63, 3.8) is 0 Å². The molecule has 1 heterocycles. The summed E-state index contributed by atoms with van der Waals surface area (Å²) in [6.07, 6.45) is 3.77. The van der Waals surface area contributed by atoms with Crippen LogP contribution in [0.2, 0.25) is 4.82 Å². The summed E-state index contributed by atoms with van der Waals surface area (Å²) in [5.41, 5.74) is 0.539. The van der Waals surface area contributed by atoms with Crippen LogP contribution in [-0.2, 0) is 0 Å². The Morgan fingerprint density at radius 2 is 2.53 bits per heavy atom. The summed E-state index contributed by atoms with van der Waals surface area (Å²) in [7, 11) is 0. The van der Waals surface area contributed by atoms with Crippen molar-refractivity contribution in [1.29, 1.82) is 5.26 Å². The third kappa shape index (κ3) is 4.11. The van der Waals surface area contributed by atoms with Gasteiger partial charge in [0.1, 0.15) is 0 Å². The van der Waals surface area contributed by atoms with Crippen LogP contribution >= 0.6 is 0 Å². The Labute approximate surface area is 96.5 Å². The van der Waals surface area contributed by atoms with Crippen molar-refractivity contribution in [2.45, 2.75) is 11.2 Å². The van der Waals surface area contributed by atoms with Crippen molar-refractivity contribution < 1.29 is 4.79 Å². The van der Waals surface area contributed by atoms with Crippen LogP contribution in [0.15, 0.2) is 24.5 Å². The van der Waals surface area contributed by atoms with E-state index in [1.165, 1.54) is 6.20 Å². The van der Waals surface area contributed by atoms with Crippen molar-refractivity contribution >= 4 is 21.9 Å². The van der Waals surface area contributed by atoms with Gasteiger partial charge < -0.3 is 0 Å². The average molecular weight is 268 g/mol. The number of pyridine rings is 1. The quantitative estimate of drug-likeness (QED) is 0.804. The molecule has 1 N–H and O–H groups in total. The normalized spacial score (nSPS) is 11.5. The van der Waals surface area contributed by atoms with E-state index in [0.717, 1.165) is 0 Å². The van der Waals surface area contributed by atoms with Gasteiger partial charge >= 0.3 is 96.2 Å². The summed E-state index contributed by atoms with van der Waals surface area (Å²) in [5.74, 6) is -0.152. The summed E-state index contributed by atoms with van der Waals surface area (Å²) in [5, 5.41) is 11.3. The minimum atomic E-state index is -0.152. The van der Waals surface area contributed by atoms with Gasteiger partial charge in [0, 0.05) is 0 Å². The molecule has 15 heavy (non-hydrogen) atoms. The Morgan fingerprint density at radius 3 is 3.13 bits per heavy atom. The molecule has 0 aliphatic rings. The fourth-order valence-corrected chi connectivity index (χ4v) is 1.26. The summed E-state index contributed by atoms with van der Waals surface area (Å²) >= 11 is 2.27. The molecule has 1 aromatic heterocycles. The van der Waals surface area contributed by atoms with Crippen LogP contribution in [0.4, 0.5) is 0 Å². The first-order valence-corrected chi connectivity index (χ1v) is 5.58. The zero-order valence-corrected chi connectivity index (χ0v) is 9.93. The van der Waals surface area contributed by atoms with E-state index in [1.807, 2.05) is 0 Å². The molecule has 0 radical (unpaired) electrons. The molecule has 1 aromatic rings. The van der Waals surface area contributed by atoms with Gasteiger partial charge in [0.25, 0.3) is 0 Å². The zero-order valence-electron chi connectivity index (χ0n) is 8.05. The Bertz CT molecular complexity index is 361. The van der Waals surface area contributed by atoms with Crippen LogP contribution in [0.5, 0.6) is 0 Å². The average Bonchev–Trinajstić information content (AvgIpc) is 2.29. The molecule has 0 aliphatic carbocycles. The Balaban J connectivity index is 2.35. The topological polar surface area (TPSA) is 65.8 Å². The van der Waals surface area contributed by atoms with E-state index in [1.54, 1.807) is 18.3 Å². The Hall–Kier alpha value is -1.37. The molecular weight excluding hydrogens is 257 g/mol. The molecule has 0 spiro atoms. The fourth-order valence-electron chi connectivity index (χ4n) is 0.986. The number of amides is 1. The second kappa shape index (κ2) is 6.18. The van der Waals surface area contributed by atoms with E-state index in [2.05, 4.69) is 32.4 Å². The van der Waals surface area contributed by atoms with Gasteiger partial charge in [-0.15, -0.1) is 0 Å². The third-order valence-corrected chi connectivity index (χ3v) is 2.56. The predicted molar refractivity (Wildman–Crippen MR) is 57.7 cm³/mol. The monoisotopic (exact) mass is 269 g/mol. The number of aromatic nitrogens is 1. The molecule has 1 unspecified atom stereocenters. The molecule has 5 heteroatoms. The maximum atomic E-state index is 11.5. The summed E-state index contributed by atoms with van der Waals surface area (Å²) in [6, 6.07) is 5.50. The van der Waals surface area contributed by atoms with Gasteiger partial charge in [-0.05, 0) is 0 Å². The fraction of sp³-hybridized carbons (Fsp3) is 0.300. The van der Waals surface area contributed by atoms with Crippen LogP contribution in [0.1, 0.15) is 16.8 Å². The van der Waals surface area contributed by atoms with Crippen LogP contribution in [0.3, 0.4) is 0 Å². The number of rotatable bonds is 4. The van der Waals surface area contributed by atoms with E-state index < -0.39 is 0 Å².